The minimum absolute atomic E-state index is 0.0124. The average molecular weight is 445 g/mol. The Balaban J connectivity index is 1.82. The second-order valence-corrected chi connectivity index (χ2v) is 9.47. The number of hydrogen-bond acceptors (Lipinski definition) is 5. The molecule has 3 rings (SSSR count). The minimum Gasteiger partial charge on any atom is -0.494 e. The van der Waals surface area contributed by atoms with Crippen molar-refractivity contribution < 1.29 is 17.9 Å². The number of nitrogens with one attached hydrogen (secondary N) is 1. The van der Waals surface area contributed by atoms with Gasteiger partial charge < -0.3 is 10.1 Å². The Morgan fingerprint density at radius 1 is 1.10 bits per heavy atom. The molecule has 0 aliphatic rings. The fourth-order valence-corrected chi connectivity index (χ4v) is 5.46. The SMILES string of the molecule is CCOc1ccc(N(C)S(=O)(=O)c2ccsc2C(=O)N[C@@H](C)c2ccccc2)cc1. The van der Waals surface area contributed by atoms with Crippen LogP contribution in [0.5, 0.6) is 5.75 Å². The smallest absolute Gasteiger partial charge is 0.265 e. The lowest BCUT2D eigenvalue weighted by molar-refractivity contribution is 0.0941. The molecule has 1 aromatic heterocycles. The molecule has 30 heavy (non-hydrogen) atoms. The molecule has 1 amide bonds. The van der Waals surface area contributed by atoms with Crippen LogP contribution in [-0.2, 0) is 10.0 Å². The second-order valence-electron chi connectivity index (χ2n) is 6.62. The first-order valence-corrected chi connectivity index (χ1v) is 11.8. The summed E-state index contributed by atoms with van der Waals surface area (Å²) in [5, 5.41) is 4.50. The zero-order valence-corrected chi connectivity index (χ0v) is 18.7. The average Bonchev–Trinajstić information content (AvgIpc) is 3.26. The van der Waals surface area contributed by atoms with Crippen LogP contribution >= 0.6 is 11.3 Å². The van der Waals surface area contributed by atoms with Crippen LogP contribution in [0.15, 0.2) is 70.9 Å². The summed E-state index contributed by atoms with van der Waals surface area (Å²) in [7, 11) is -2.44. The number of amides is 1. The maximum absolute atomic E-state index is 13.2. The van der Waals surface area contributed by atoms with Crippen molar-refractivity contribution in [3.05, 3.63) is 76.5 Å². The van der Waals surface area contributed by atoms with Gasteiger partial charge in [0.25, 0.3) is 15.9 Å². The molecule has 1 heterocycles. The molecule has 0 unspecified atom stereocenters. The monoisotopic (exact) mass is 444 g/mol. The Bertz CT molecular complexity index is 1090. The highest BCUT2D eigenvalue weighted by Crippen LogP contribution is 2.29. The molecular formula is C22H24N2O4S2. The Morgan fingerprint density at radius 2 is 1.77 bits per heavy atom. The molecule has 158 valence electrons. The highest BCUT2D eigenvalue weighted by Gasteiger charge is 2.29. The largest absolute Gasteiger partial charge is 0.494 e. The third-order valence-corrected chi connectivity index (χ3v) is 7.50. The van der Waals surface area contributed by atoms with E-state index in [0.29, 0.717) is 18.0 Å². The number of carbonyl (C=O) groups excluding carboxylic acids is 1. The van der Waals surface area contributed by atoms with Crippen molar-refractivity contribution in [2.45, 2.75) is 24.8 Å². The quantitative estimate of drug-likeness (QED) is 0.556. The van der Waals surface area contributed by atoms with Gasteiger partial charge in [0.15, 0.2) is 0 Å². The first-order valence-electron chi connectivity index (χ1n) is 9.49. The first-order chi connectivity index (χ1) is 14.3. The Morgan fingerprint density at radius 3 is 2.40 bits per heavy atom. The Hall–Kier alpha value is -2.84. The van der Waals surface area contributed by atoms with E-state index >= 15 is 0 Å². The van der Waals surface area contributed by atoms with Crippen molar-refractivity contribution in [1.29, 1.82) is 0 Å². The molecule has 8 heteroatoms. The second kappa shape index (κ2) is 9.32. The number of carbonyl (C=O) groups is 1. The summed E-state index contributed by atoms with van der Waals surface area (Å²) in [6, 6.07) is 17.5. The molecule has 0 saturated heterocycles. The fraction of sp³-hybridized carbons (Fsp3) is 0.227. The lowest BCUT2D eigenvalue weighted by atomic mass is 10.1. The molecule has 2 aromatic carbocycles. The van der Waals surface area contributed by atoms with E-state index in [9.17, 15) is 13.2 Å². The molecule has 0 saturated carbocycles. The summed E-state index contributed by atoms with van der Waals surface area (Å²) < 4.78 is 33.0. The maximum Gasteiger partial charge on any atom is 0.265 e. The van der Waals surface area contributed by atoms with Crippen LogP contribution in [0.25, 0.3) is 0 Å². The standard InChI is InChI=1S/C22H24N2O4S2/c1-4-28-19-12-10-18(11-13-19)24(3)30(26,27)20-14-15-29-21(20)22(25)23-16(2)17-8-6-5-7-9-17/h5-16H,4H2,1-3H3,(H,23,25)/t16-/m0/s1. The van der Waals surface area contributed by atoms with E-state index in [1.807, 2.05) is 44.2 Å². The normalized spacial score (nSPS) is 12.2. The third kappa shape index (κ3) is 4.66. The molecule has 0 spiro atoms. The zero-order valence-electron chi connectivity index (χ0n) is 17.0. The van der Waals surface area contributed by atoms with Crippen molar-refractivity contribution in [3.8, 4) is 5.75 Å². The third-order valence-electron chi connectivity index (χ3n) is 4.63. The van der Waals surface area contributed by atoms with Crippen molar-refractivity contribution >= 4 is 33.0 Å². The molecule has 0 radical (unpaired) electrons. The summed E-state index contributed by atoms with van der Waals surface area (Å²) in [5.74, 6) is 0.248. The number of nitrogens with zero attached hydrogens (tertiary/aromatic N) is 1. The summed E-state index contributed by atoms with van der Waals surface area (Å²) in [4.78, 5) is 13.0. The topological polar surface area (TPSA) is 75.7 Å². The van der Waals surface area contributed by atoms with Gasteiger partial charge in [0.1, 0.15) is 15.5 Å². The molecule has 1 atom stereocenters. The van der Waals surface area contributed by atoms with Crippen molar-refractivity contribution in [2.75, 3.05) is 18.0 Å². The highest BCUT2D eigenvalue weighted by atomic mass is 32.2. The van der Waals surface area contributed by atoms with E-state index in [-0.39, 0.29) is 15.8 Å². The summed E-state index contributed by atoms with van der Waals surface area (Å²) in [6.45, 7) is 4.27. The minimum atomic E-state index is -3.91. The molecule has 0 fully saturated rings. The van der Waals surface area contributed by atoms with Gasteiger partial charge in [-0.3, -0.25) is 9.10 Å². The van der Waals surface area contributed by atoms with Crippen LogP contribution in [0.1, 0.15) is 35.1 Å². The van der Waals surface area contributed by atoms with Gasteiger partial charge in [-0.25, -0.2) is 8.42 Å². The number of anilines is 1. The van der Waals surface area contributed by atoms with Crippen molar-refractivity contribution in [3.63, 3.8) is 0 Å². The molecule has 1 N–H and O–H groups in total. The Labute approximate surface area is 181 Å². The summed E-state index contributed by atoms with van der Waals surface area (Å²) >= 11 is 1.11. The van der Waals surface area contributed by atoms with Crippen LogP contribution in [-0.4, -0.2) is 28.0 Å². The van der Waals surface area contributed by atoms with E-state index in [1.54, 1.807) is 29.6 Å². The molecule has 3 aromatic rings. The van der Waals surface area contributed by atoms with E-state index < -0.39 is 15.9 Å². The number of thiophene rings is 1. The van der Waals surface area contributed by atoms with Gasteiger partial charge >= 0.3 is 0 Å². The van der Waals surface area contributed by atoms with Crippen LogP contribution in [0.2, 0.25) is 0 Å². The zero-order chi connectivity index (χ0) is 21.7. The molecule has 6 nitrogen and oxygen atoms in total. The van der Waals surface area contributed by atoms with Crippen LogP contribution in [0.3, 0.4) is 0 Å². The number of rotatable bonds is 8. The van der Waals surface area contributed by atoms with Gasteiger partial charge in [0, 0.05) is 7.05 Å². The fourth-order valence-electron chi connectivity index (χ4n) is 2.96. The first kappa shape index (κ1) is 21.9. The molecule has 0 aliphatic heterocycles. The lowest BCUT2D eigenvalue weighted by Crippen LogP contribution is -2.30. The highest BCUT2D eigenvalue weighted by molar-refractivity contribution is 7.93. The van der Waals surface area contributed by atoms with Crippen molar-refractivity contribution in [1.82, 2.24) is 5.32 Å². The van der Waals surface area contributed by atoms with Gasteiger partial charge in [-0.2, -0.15) is 0 Å². The van der Waals surface area contributed by atoms with E-state index in [4.69, 9.17) is 4.74 Å². The predicted octanol–water partition coefficient (Wildman–Crippen LogP) is 4.46. The van der Waals surface area contributed by atoms with Gasteiger partial charge in [0.2, 0.25) is 0 Å². The maximum atomic E-state index is 13.2. The van der Waals surface area contributed by atoms with Gasteiger partial charge in [-0.1, -0.05) is 30.3 Å². The summed E-state index contributed by atoms with van der Waals surface area (Å²) in [5.41, 5.74) is 1.42. The molecular weight excluding hydrogens is 420 g/mol. The lowest BCUT2D eigenvalue weighted by Gasteiger charge is -2.20. The van der Waals surface area contributed by atoms with Crippen LogP contribution < -0.4 is 14.4 Å². The van der Waals surface area contributed by atoms with E-state index in [0.717, 1.165) is 16.9 Å². The van der Waals surface area contributed by atoms with Crippen LogP contribution in [0, 0.1) is 0 Å². The van der Waals surface area contributed by atoms with Crippen LogP contribution in [0.4, 0.5) is 5.69 Å². The van der Waals surface area contributed by atoms with Gasteiger partial charge in [0.05, 0.1) is 18.3 Å². The number of ether oxygens (including phenoxy) is 1. The van der Waals surface area contributed by atoms with Crippen molar-refractivity contribution in [2.24, 2.45) is 0 Å². The number of hydrogen-bond donors (Lipinski definition) is 1. The number of benzene rings is 2. The van der Waals surface area contributed by atoms with Gasteiger partial charge in [-0.15, -0.1) is 11.3 Å². The predicted molar refractivity (Wildman–Crippen MR) is 120 cm³/mol. The molecule has 0 bridgehead atoms. The number of sulfonamides is 1. The van der Waals surface area contributed by atoms with E-state index in [1.165, 1.54) is 17.4 Å². The Kier molecular flexibility index (Phi) is 6.79. The summed E-state index contributed by atoms with van der Waals surface area (Å²) in [6.07, 6.45) is 0. The van der Waals surface area contributed by atoms with E-state index in [2.05, 4.69) is 5.32 Å². The molecule has 0 aliphatic carbocycles. The van der Waals surface area contributed by atoms with Gasteiger partial charge in [-0.05, 0) is 55.1 Å².